The van der Waals surface area contributed by atoms with E-state index >= 15 is 0 Å². The first-order chi connectivity index (χ1) is 7.13. The maximum atomic E-state index is 11.4. The molecule has 1 amide bonds. The molecule has 4 heteroatoms. The summed E-state index contributed by atoms with van der Waals surface area (Å²) in [6, 6.07) is 7.27. The molecule has 0 bridgehead atoms. The summed E-state index contributed by atoms with van der Waals surface area (Å²) in [6.45, 7) is 1.92. The van der Waals surface area contributed by atoms with E-state index in [1.54, 1.807) is 6.07 Å². The first kappa shape index (κ1) is 9.88. The molecule has 1 aliphatic rings. The highest BCUT2D eigenvalue weighted by Gasteiger charge is 2.24. The zero-order valence-corrected chi connectivity index (χ0v) is 8.75. The largest absolute Gasteiger partial charge is 0.271 e. The molecule has 3 nitrogen and oxygen atoms in total. The molecule has 1 atom stereocenters. The van der Waals surface area contributed by atoms with Crippen LogP contribution in [0.2, 0.25) is 0 Å². The van der Waals surface area contributed by atoms with E-state index in [4.69, 9.17) is 16.9 Å². The number of fused-ring (bicyclic) bond motifs is 1. The van der Waals surface area contributed by atoms with Gasteiger partial charge in [-0.2, -0.15) is 5.26 Å². The van der Waals surface area contributed by atoms with Crippen molar-refractivity contribution in [3.05, 3.63) is 34.3 Å². The van der Waals surface area contributed by atoms with Gasteiger partial charge in [-0.3, -0.25) is 4.79 Å². The van der Waals surface area contributed by atoms with Gasteiger partial charge in [-0.25, -0.2) is 4.99 Å². The van der Waals surface area contributed by atoms with Crippen LogP contribution in [0.5, 0.6) is 0 Å². The number of nitriles is 1. The monoisotopic (exact) mass is 218 g/mol. The first-order valence-corrected chi connectivity index (χ1v) is 4.80. The number of carbonyl (C=O) groups is 1. The Kier molecular flexibility index (Phi) is 2.29. The standard InChI is InChI=1S/C11H7ClN2O/c1-6-2-3-9-7(4-6)10(12)8(5-13)11(15)14-9/h2-4,8H,1H3. The van der Waals surface area contributed by atoms with Gasteiger partial charge in [0, 0.05) is 5.22 Å². The minimum Gasteiger partial charge on any atom is -0.271 e. The van der Waals surface area contributed by atoms with Crippen molar-refractivity contribution in [2.24, 2.45) is 10.9 Å². The van der Waals surface area contributed by atoms with Gasteiger partial charge >= 0.3 is 0 Å². The van der Waals surface area contributed by atoms with Gasteiger partial charge in [0.2, 0.25) is 0 Å². The smallest absolute Gasteiger partial charge is 0.269 e. The Hall–Kier alpha value is -1.66. The number of amides is 1. The second kappa shape index (κ2) is 3.48. The third-order valence-corrected chi connectivity index (χ3v) is 2.69. The topological polar surface area (TPSA) is 53.2 Å². The van der Waals surface area contributed by atoms with E-state index in [0.29, 0.717) is 10.6 Å². The number of benzene rings is 1. The zero-order valence-electron chi connectivity index (χ0n) is 7.99. The third-order valence-electron chi connectivity index (χ3n) is 2.27. The highest BCUT2D eigenvalue weighted by atomic mass is 35.5. The molecule has 0 saturated carbocycles. The average Bonchev–Trinajstić information content (AvgIpc) is 2.20. The van der Waals surface area contributed by atoms with Gasteiger partial charge in [-0.15, -0.1) is 0 Å². The Bertz CT molecular complexity index is 598. The maximum absolute atomic E-state index is 11.4. The summed E-state index contributed by atoms with van der Waals surface area (Å²) in [6.07, 6.45) is 0. The SMILES string of the molecule is Cc1ccc2c(c1)=C(Cl)C(C#N)C(=O)N=2. The molecule has 1 aromatic carbocycles. The molecule has 0 aromatic heterocycles. The third kappa shape index (κ3) is 1.53. The molecule has 0 aliphatic carbocycles. The molecule has 0 N–H and O–H groups in total. The second-order valence-electron chi connectivity index (χ2n) is 3.38. The van der Waals surface area contributed by atoms with E-state index in [1.165, 1.54) is 0 Å². The van der Waals surface area contributed by atoms with Crippen LogP contribution >= 0.6 is 11.6 Å². The summed E-state index contributed by atoms with van der Waals surface area (Å²) in [5.74, 6) is -1.43. The number of carbonyl (C=O) groups excluding carboxylic acids is 1. The van der Waals surface area contributed by atoms with Crippen LogP contribution in [0.3, 0.4) is 0 Å². The Labute approximate surface area is 91.3 Å². The molecular formula is C11H7ClN2O. The van der Waals surface area contributed by atoms with Gasteiger partial charge < -0.3 is 0 Å². The molecule has 0 radical (unpaired) electrons. The predicted octanol–water partition coefficient (Wildman–Crippen LogP) is 0.642. The molecule has 1 heterocycles. The van der Waals surface area contributed by atoms with Gasteiger partial charge in [0.25, 0.3) is 5.91 Å². The summed E-state index contributed by atoms with van der Waals surface area (Å²) < 4.78 is 0. The Morgan fingerprint density at radius 2 is 2.27 bits per heavy atom. The van der Waals surface area contributed by atoms with Crippen LogP contribution in [0.15, 0.2) is 23.2 Å². The van der Waals surface area contributed by atoms with Crippen LogP contribution in [-0.2, 0) is 4.79 Å². The summed E-state index contributed by atoms with van der Waals surface area (Å²) in [7, 11) is 0. The van der Waals surface area contributed by atoms with E-state index in [1.807, 2.05) is 25.1 Å². The van der Waals surface area contributed by atoms with E-state index in [-0.39, 0.29) is 5.03 Å². The highest BCUT2D eigenvalue weighted by molar-refractivity contribution is 6.47. The minimum atomic E-state index is -0.944. The molecule has 0 saturated heterocycles. The number of hydrogen-bond acceptors (Lipinski definition) is 2. The van der Waals surface area contributed by atoms with E-state index in [9.17, 15) is 4.79 Å². The molecule has 15 heavy (non-hydrogen) atoms. The molecule has 1 aliphatic heterocycles. The lowest BCUT2D eigenvalue weighted by atomic mass is 10.0. The first-order valence-electron chi connectivity index (χ1n) is 4.42. The van der Waals surface area contributed by atoms with Crippen molar-refractivity contribution >= 4 is 22.5 Å². The average molecular weight is 219 g/mol. The van der Waals surface area contributed by atoms with Crippen LogP contribution in [-0.4, -0.2) is 5.91 Å². The van der Waals surface area contributed by atoms with Crippen molar-refractivity contribution < 1.29 is 4.79 Å². The number of hydrogen-bond donors (Lipinski definition) is 0. The molecule has 2 rings (SSSR count). The van der Waals surface area contributed by atoms with Gasteiger partial charge in [0.15, 0.2) is 5.92 Å². The molecule has 0 fully saturated rings. The number of halogens is 1. The predicted molar refractivity (Wildman–Crippen MR) is 55.3 cm³/mol. The lowest BCUT2D eigenvalue weighted by Crippen LogP contribution is -2.35. The molecule has 1 unspecified atom stereocenters. The van der Waals surface area contributed by atoms with E-state index in [2.05, 4.69) is 4.99 Å². The number of rotatable bonds is 0. The van der Waals surface area contributed by atoms with Crippen molar-refractivity contribution in [2.45, 2.75) is 6.92 Å². The molecule has 0 spiro atoms. The Morgan fingerprint density at radius 1 is 1.53 bits per heavy atom. The normalized spacial score (nSPS) is 19.1. The van der Waals surface area contributed by atoms with Crippen LogP contribution in [0.25, 0.3) is 5.03 Å². The fourth-order valence-corrected chi connectivity index (χ4v) is 1.79. The van der Waals surface area contributed by atoms with Crippen LogP contribution in [0, 0.1) is 24.2 Å². The van der Waals surface area contributed by atoms with Crippen LogP contribution in [0.1, 0.15) is 5.56 Å². The molecule has 1 aromatic rings. The molecular weight excluding hydrogens is 212 g/mol. The fraction of sp³-hybridized carbons (Fsp3) is 0.182. The lowest BCUT2D eigenvalue weighted by molar-refractivity contribution is -0.119. The fourth-order valence-electron chi connectivity index (χ4n) is 1.50. The molecule has 74 valence electrons. The van der Waals surface area contributed by atoms with Crippen LogP contribution < -0.4 is 10.6 Å². The summed E-state index contributed by atoms with van der Waals surface area (Å²) >= 11 is 5.99. The zero-order chi connectivity index (χ0) is 11.0. The van der Waals surface area contributed by atoms with E-state index in [0.717, 1.165) is 5.56 Å². The number of aryl methyl sites for hydroxylation is 1. The quantitative estimate of drug-likeness (QED) is 0.642. The van der Waals surface area contributed by atoms with Gasteiger partial charge in [-0.05, 0) is 19.1 Å². The highest BCUT2D eigenvalue weighted by Crippen LogP contribution is 2.17. The minimum absolute atomic E-state index is 0.274. The Balaban J connectivity index is 2.87. The van der Waals surface area contributed by atoms with Gasteiger partial charge in [0.05, 0.1) is 16.5 Å². The van der Waals surface area contributed by atoms with Crippen molar-refractivity contribution in [3.8, 4) is 6.07 Å². The maximum Gasteiger partial charge on any atom is 0.269 e. The van der Waals surface area contributed by atoms with Crippen molar-refractivity contribution in [1.82, 2.24) is 0 Å². The van der Waals surface area contributed by atoms with Gasteiger partial charge in [-0.1, -0.05) is 23.2 Å². The van der Waals surface area contributed by atoms with Crippen molar-refractivity contribution in [2.75, 3.05) is 0 Å². The Morgan fingerprint density at radius 3 is 2.93 bits per heavy atom. The summed E-state index contributed by atoms with van der Waals surface area (Å²) in [5, 5.41) is 10.3. The lowest BCUT2D eigenvalue weighted by Gasteiger charge is -2.08. The van der Waals surface area contributed by atoms with E-state index < -0.39 is 11.8 Å². The second-order valence-corrected chi connectivity index (χ2v) is 3.79. The van der Waals surface area contributed by atoms with Crippen molar-refractivity contribution in [1.29, 1.82) is 5.26 Å². The number of nitrogens with zero attached hydrogens (tertiary/aromatic N) is 2. The van der Waals surface area contributed by atoms with Gasteiger partial charge in [0.1, 0.15) is 0 Å². The summed E-state index contributed by atoms with van der Waals surface area (Å²) in [4.78, 5) is 15.2. The van der Waals surface area contributed by atoms with Crippen molar-refractivity contribution in [3.63, 3.8) is 0 Å². The summed E-state index contributed by atoms with van der Waals surface area (Å²) in [5.41, 5.74) is 1.02. The van der Waals surface area contributed by atoms with Crippen LogP contribution in [0.4, 0.5) is 0 Å².